The third-order valence-electron chi connectivity index (χ3n) is 3.88. The third kappa shape index (κ3) is 3.89. The van der Waals surface area contributed by atoms with E-state index in [4.69, 9.17) is 10.5 Å². The number of nitrogens with zero attached hydrogens (tertiary/aromatic N) is 1. The summed E-state index contributed by atoms with van der Waals surface area (Å²) < 4.78 is 5.59. The number of hydrogen-bond donors (Lipinski definition) is 1. The minimum absolute atomic E-state index is 0.215. The van der Waals surface area contributed by atoms with Gasteiger partial charge in [0.15, 0.2) is 0 Å². The van der Waals surface area contributed by atoms with Gasteiger partial charge in [0.1, 0.15) is 5.75 Å². The van der Waals surface area contributed by atoms with Gasteiger partial charge in [0.25, 0.3) is 0 Å². The molecule has 0 spiro atoms. The summed E-state index contributed by atoms with van der Waals surface area (Å²) in [5, 5.41) is 0. The highest BCUT2D eigenvalue weighted by molar-refractivity contribution is 5.76. The van der Waals surface area contributed by atoms with Crippen LogP contribution in [0.4, 0.5) is 5.69 Å². The van der Waals surface area contributed by atoms with Crippen molar-refractivity contribution in [2.45, 2.75) is 45.1 Å². The first-order valence-electron chi connectivity index (χ1n) is 7.48. The number of benzene rings is 1. The molecule has 1 fully saturated rings. The summed E-state index contributed by atoms with van der Waals surface area (Å²) in [6.07, 6.45) is 5.00. The SMILES string of the molecule is CCC1CCCCN1C(=O)CCOc1ccc(N)cc1. The van der Waals surface area contributed by atoms with Crippen LogP contribution < -0.4 is 10.5 Å². The van der Waals surface area contributed by atoms with E-state index in [0.717, 1.165) is 31.6 Å². The van der Waals surface area contributed by atoms with Crippen molar-refractivity contribution in [2.24, 2.45) is 0 Å². The van der Waals surface area contributed by atoms with Crippen LogP contribution in [0.3, 0.4) is 0 Å². The Morgan fingerprint density at radius 3 is 2.80 bits per heavy atom. The molecule has 110 valence electrons. The molecule has 2 N–H and O–H groups in total. The van der Waals surface area contributed by atoms with Crippen LogP contribution >= 0.6 is 0 Å². The zero-order valence-corrected chi connectivity index (χ0v) is 12.2. The summed E-state index contributed by atoms with van der Waals surface area (Å²) in [5.41, 5.74) is 6.33. The molecule has 1 atom stereocenters. The lowest BCUT2D eigenvalue weighted by Crippen LogP contribution is -2.43. The quantitative estimate of drug-likeness (QED) is 0.841. The molecule has 1 saturated heterocycles. The highest BCUT2D eigenvalue weighted by Crippen LogP contribution is 2.20. The van der Waals surface area contributed by atoms with E-state index in [1.807, 2.05) is 17.0 Å². The maximum Gasteiger partial charge on any atom is 0.226 e. The van der Waals surface area contributed by atoms with Crippen molar-refractivity contribution in [1.29, 1.82) is 0 Å². The van der Waals surface area contributed by atoms with Crippen molar-refractivity contribution in [3.63, 3.8) is 0 Å². The summed E-state index contributed by atoms with van der Waals surface area (Å²) in [4.78, 5) is 14.3. The number of hydrogen-bond acceptors (Lipinski definition) is 3. The predicted octanol–water partition coefficient (Wildman–Crippen LogP) is 2.83. The molecule has 1 aliphatic rings. The molecule has 0 saturated carbocycles. The maximum absolute atomic E-state index is 12.2. The number of likely N-dealkylation sites (tertiary alicyclic amines) is 1. The second kappa shape index (κ2) is 7.17. The summed E-state index contributed by atoms with van der Waals surface area (Å²) in [6.45, 7) is 3.48. The average molecular weight is 276 g/mol. The molecule has 1 aromatic carbocycles. The van der Waals surface area contributed by atoms with Crippen LogP contribution in [0.2, 0.25) is 0 Å². The van der Waals surface area contributed by atoms with Crippen molar-refractivity contribution in [1.82, 2.24) is 4.90 Å². The number of ether oxygens (including phenoxy) is 1. The van der Waals surface area contributed by atoms with Gasteiger partial charge < -0.3 is 15.4 Å². The van der Waals surface area contributed by atoms with Gasteiger partial charge >= 0.3 is 0 Å². The van der Waals surface area contributed by atoms with Gasteiger partial charge in [-0.25, -0.2) is 0 Å². The molecule has 1 unspecified atom stereocenters. The number of carbonyl (C=O) groups is 1. The minimum atomic E-state index is 0.215. The fraction of sp³-hybridized carbons (Fsp3) is 0.562. The number of carbonyl (C=O) groups excluding carboxylic acids is 1. The number of amides is 1. The van der Waals surface area contributed by atoms with E-state index in [0.29, 0.717) is 24.8 Å². The zero-order chi connectivity index (χ0) is 14.4. The zero-order valence-electron chi connectivity index (χ0n) is 12.2. The Labute approximate surface area is 120 Å². The molecular weight excluding hydrogens is 252 g/mol. The van der Waals surface area contributed by atoms with Crippen LogP contribution in [-0.4, -0.2) is 30.0 Å². The third-order valence-corrected chi connectivity index (χ3v) is 3.88. The molecule has 0 radical (unpaired) electrons. The van der Waals surface area contributed by atoms with Gasteiger partial charge in [-0.3, -0.25) is 4.79 Å². The lowest BCUT2D eigenvalue weighted by atomic mass is 10.00. The number of piperidine rings is 1. The van der Waals surface area contributed by atoms with Crippen molar-refractivity contribution >= 4 is 11.6 Å². The first kappa shape index (κ1) is 14.7. The lowest BCUT2D eigenvalue weighted by molar-refractivity contribution is -0.135. The van der Waals surface area contributed by atoms with Gasteiger partial charge in [-0.05, 0) is 49.9 Å². The van der Waals surface area contributed by atoms with Crippen LogP contribution in [0.25, 0.3) is 0 Å². The van der Waals surface area contributed by atoms with Crippen molar-refractivity contribution in [2.75, 3.05) is 18.9 Å². The van der Waals surface area contributed by atoms with Crippen molar-refractivity contribution < 1.29 is 9.53 Å². The first-order chi connectivity index (χ1) is 9.70. The van der Waals surface area contributed by atoms with E-state index in [9.17, 15) is 4.79 Å². The van der Waals surface area contributed by atoms with Gasteiger partial charge in [0.05, 0.1) is 13.0 Å². The van der Waals surface area contributed by atoms with E-state index in [-0.39, 0.29) is 5.91 Å². The number of nitrogen functional groups attached to an aromatic ring is 1. The Balaban J connectivity index is 1.78. The van der Waals surface area contributed by atoms with E-state index in [2.05, 4.69) is 6.92 Å². The Bertz CT molecular complexity index is 431. The van der Waals surface area contributed by atoms with E-state index >= 15 is 0 Å². The molecule has 20 heavy (non-hydrogen) atoms. The molecule has 0 aliphatic carbocycles. The molecule has 4 heteroatoms. The fourth-order valence-corrected chi connectivity index (χ4v) is 2.72. The Morgan fingerprint density at radius 1 is 1.35 bits per heavy atom. The van der Waals surface area contributed by atoms with Crippen molar-refractivity contribution in [3.8, 4) is 5.75 Å². The predicted molar refractivity (Wildman–Crippen MR) is 80.6 cm³/mol. The second-order valence-electron chi connectivity index (χ2n) is 5.31. The van der Waals surface area contributed by atoms with Gasteiger partial charge in [-0.1, -0.05) is 6.92 Å². The number of nitrogens with two attached hydrogens (primary N) is 1. The Hall–Kier alpha value is -1.71. The first-order valence-corrected chi connectivity index (χ1v) is 7.48. The molecule has 0 bridgehead atoms. The van der Waals surface area contributed by atoms with Crippen LogP contribution in [-0.2, 0) is 4.79 Å². The summed E-state index contributed by atoms with van der Waals surface area (Å²) in [7, 11) is 0. The van der Waals surface area contributed by atoms with Crippen molar-refractivity contribution in [3.05, 3.63) is 24.3 Å². The highest BCUT2D eigenvalue weighted by Gasteiger charge is 2.24. The second-order valence-corrected chi connectivity index (χ2v) is 5.31. The Kier molecular flexibility index (Phi) is 5.27. The summed E-state index contributed by atoms with van der Waals surface area (Å²) >= 11 is 0. The normalized spacial score (nSPS) is 18.9. The minimum Gasteiger partial charge on any atom is -0.493 e. The van der Waals surface area contributed by atoms with Crippen LogP contribution in [0.1, 0.15) is 39.0 Å². The van der Waals surface area contributed by atoms with Gasteiger partial charge in [0.2, 0.25) is 5.91 Å². The molecule has 2 rings (SSSR count). The van der Waals surface area contributed by atoms with Crippen LogP contribution in [0, 0.1) is 0 Å². The molecule has 1 aliphatic heterocycles. The largest absolute Gasteiger partial charge is 0.493 e. The van der Waals surface area contributed by atoms with Gasteiger partial charge in [-0.2, -0.15) is 0 Å². The van der Waals surface area contributed by atoms with E-state index in [1.54, 1.807) is 12.1 Å². The number of anilines is 1. The molecule has 4 nitrogen and oxygen atoms in total. The smallest absolute Gasteiger partial charge is 0.226 e. The van der Waals surface area contributed by atoms with Crippen LogP contribution in [0.15, 0.2) is 24.3 Å². The molecule has 1 amide bonds. The van der Waals surface area contributed by atoms with Gasteiger partial charge in [0, 0.05) is 18.3 Å². The van der Waals surface area contributed by atoms with Crippen LogP contribution in [0.5, 0.6) is 5.75 Å². The molecular formula is C16H24N2O2. The summed E-state index contributed by atoms with van der Waals surface area (Å²) in [6, 6.07) is 7.68. The lowest BCUT2D eigenvalue weighted by Gasteiger charge is -2.35. The standard InChI is InChI=1S/C16H24N2O2/c1-2-14-5-3-4-11-18(14)16(19)10-12-20-15-8-6-13(17)7-9-15/h6-9,14H,2-5,10-12,17H2,1H3. The molecule has 1 heterocycles. The topological polar surface area (TPSA) is 55.6 Å². The fourth-order valence-electron chi connectivity index (χ4n) is 2.72. The maximum atomic E-state index is 12.2. The van der Waals surface area contributed by atoms with E-state index < -0.39 is 0 Å². The average Bonchev–Trinajstić information content (AvgIpc) is 2.49. The molecule has 0 aromatic heterocycles. The summed E-state index contributed by atoms with van der Waals surface area (Å²) in [5.74, 6) is 0.977. The highest BCUT2D eigenvalue weighted by atomic mass is 16.5. The van der Waals surface area contributed by atoms with Gasteiger partial charge in [-0.15, -0.1) is 0 Å². The van der Waals surface area contributed by atoms with E-state index in [1.165, 1.54) is 6.42 Å². The molecule has 1 aromatic rings. The monoisotopic (exact) mass is 276 g/mol. The Morgan fingerprint density at radius 2 is 2.10 bits per heavy atom. The number of rotatable bonds is 5.